The second-order valence-corrected chi connectivity index (χ2v) is 9.30. The number of carbonyl (C=O) groups excluding carboxylic acids is 1. The molecule has 0 aliphatic carbocycles. The minimum absolute atomic E-state index is 0.0568. The molecule has 0 fully saturated rings. The van der Waals surface area contributed by atoms with Gasteiger partial charge in [-0.15, -0.1) is 21.5 Å². The van der Waals surface area contributed by atoms with Crippen molar-refractivity contribution < 1.29 is 4.79 Å². The molecular formula is C24H25N5OS2. The first kappa shape index (κ1) is 22.2. The molecule has 0 saturated heterocycles. The van der Waals surface area contributed by atoms with Gasteiger partial charge in [0.1, 0.15) is 10.8 Å². The maximum absolute atomic E-state index is 12.3. The number of amides is 1. The zero-order chi connectivity index (χ0) is 22.3. The first-order valence-corrected chi connectivity index (χ1v) is 12.4. The van der Waals surface area contributed by atoms with Crippen LogP contribution in [0.5, 0.6) is 0 Å². The Hall–Kier alpha value is -2.97. The molecule has 1 N–H and O–H groups in total. The van der Waals surface area contributed by atoms with E-state index in [1.807, 2.05) is 54.8 Å². The van der Waals surface area contributed by atoms with Crippen molar-refractivity contribution in [3.63, 3.8) is 0 Å². The maximum atomic E-state index is 12.3. The molecule has 4 rings (SSSR count). The quantitative estimate of drug-likeness (QED) is 0.349. The third kappa shape index (κ3) is 5.83. The number of hydrogen-bond donors (Lipinski definition) is 1. The highest BCUT2D eigenvalue weighted by Crippen LogP contribution is 2.24. The Kier molecular flexibility index (Phi) is 7.34. The molecular weight excluding hydrogens is 438 g/mol. The summed E-state index contributed by atoms with van der Waals surface area (Å²) >= 11 is 3.14. The van der Waals surface area contributed by atoms with Crippen LogP contribution in [0.4, 0.5) is 5.69 Å². The van der Waals surface area contributed by atoms with E-state index in [1.165, 1.54) is 16.9 Å². The maximum Gasteiger partial charge on any atom is 0.231 e. The van der Waals surface area contributed by atoms with Crippen molar-refractivity contribution in [2.24, 2.45) is 0 Å². The second kappa shape index (κ2) is 10.6. The predicted octanol–water partition coefficient (Wildman–Crippen LogP) is 5.13. The van der Waals surface area contributed by atoms with Gasteiger partial charge in [0.2, 0.25) is 5.91 Å². The van der Waals surface area contributed by atoms with Crippen molar-refractivity contribution in [3.8, 4) is 0 Å². The number of rotatable bonds is 9. The Balaban J connectivity index is 1.33. The number of nitrogens with one attached hydrogen (secondary N) is 1. The van der Waals surface area contributed by atoms with E-state index >= 15 is 0 Å². The van der Waals surface area contributed by atoms with Crippen molar-refractivity contribution >= 4 is 34.7 Å². The van der Waals surface area contributed by atoms with Gasteiger partial charge >= 0.3 is 0 Å². The number of thioether (sulfide) groups is 1. The van der Waals surface area contributed by atoms with E-state index in [0.717, 1.165) is 45.9 Å². The van der Waals surface area contributed by atoms with Crippen LogP contribution in [0.2, 0.25) is 0 Å². The Morgan fingerprint density at radius 1 is 1.09 bits per heavy atom. The monoisotopic (exact) mass is 463 g/mol. The topological polar surface area (TPSA) is 72.7 Å². The van der Waals surface area contributed by atoms with Crippen LogP contribution in [0.3, 0.4) is 0 Å². The fourth-order valence-corrected chi connectivity index (χ4v) is 5.08. The van der Waals surface area contributed by atoms with Crippen LogP contribution in [0.25, 0.3) is 0 Å². The summed E-state index contributed by atoms with van der Waals surface area (Å²) in [5.41, 5.74) is 4.14. The lowest BCUT2D eigenvalue weighted by molar-refractivity contribution is -0.115. The standard InChI is InChI=1S/C24H25N5OS2/c1-3-29-21(13-18-7-5-4-6-8-18)27-28-24(29)32-16-20-15-31-23(26-20)14-22(30)25-19-11-9-17(2)10-12-19/h4-12,15H,3,13-14,16H2,1-2H3,(H,25,30). The van der Waals surface area contributed by atoms with Crippen molar-refractivity contribution in [2.45, 2.75) is 44.1 Å². The van der Waals surface area contributed by atoms with E-state index in [9.17, 15) is 4.79 Å². The molecule has 32 heavy (non-hydrogen) atoms. The molecule has 2 aromatic carbocycles. The molecule has 0 aliphatic heterocycles. The molecule has 0 unspecified atom stereocenters. The summed E-state index contributed by atoms with van der Waals surface area (Å²) in [6.07, 6.45) is 1.04. The number of carbonyl (C=O) groups is 1. The summed E-state index contributed by atoms with van der Waals surface area (Å²) in [5.74, 6) is 1.60. The largest absolute Gasteiger partial charge is 0.326 e. The van der Waals surface area contributed by atoms with Gasteiger partial charge in [-0.1, -0.05) is 59.8 Å². The molecule has 0 saturated carbocycles. The first-order chi connectivity index (χ1) is 15.6. The van der Waals surface area contributed by atoms with Crippen molar-refractivity contribution in [1.29, 1.82) is 0 Å². The Labute approximate surface area is 196 Å². The van der Waals surface area contributed by atoms with Gasteiger partial charge in [0, 0.05) is 29.8 Å². The van der Waals surface area contributed by atoms with E-state index in [-0.39, 0.29) is 12.3 Å². The molecule has 6 nitrogen and oxygen atoms in total. The molecule has 1 amide bonds. The Morgan fingerprint density at radius 2 is 1.88 bits per heavy atom. The molecule has 164 valence electrons. The summed E-state index contributed by atoms with van der Waals surface area (Å²) in [6.45, 7) is 4.95. The van der Waals surface area contributed by atoms with Gasteiger partial charge in [0.15, 0.2) is 5.16 Å². The molecule has 0 spiro atoms. The lowest BCUT2D eigenvalue weighted by Crippen LogP contribution is -2.14. The number of anilines is 1. The van der Waals surface area contributed by atoms with E-state index < -0.39 is 0 Å². The lowest BCUT2D eigenvalue weighted by Gasteiger charge is -2.07. The van der Waals surface area contributed by atoms with Gasteiger partial charge in [-0.3, -0.25) is 4.79 Å². The minimum atomic E-state index is -0.0568. The molecule has 2 heterocycles. The fourth-order valence-electron chi connectivity index (χ4n) is 3.27. The zero-order valence-corrected chi connectivity index (χ0v) is 19.7. The Bertz CT molecular complexity index is 1170. The van der Waals surface area contributed by atoms with E-state index in [1.54, 1.807) is 11.8 Å². The normalized spacial score (nSPS) is 10.9. The third-order valence-electron chi connectivity index (χ3n) is 4.91. The van der Waals surface area contributed by atoms with Gasteiger partial charge in [0.25, 0.3) is 0 Å². The van der Waals surface area contributed by atoms with Crippen LogP contribution in [0.15, 0.2) is 65.1 Å². The van der Waals surface area contributed by atoms with Crippen LogP contribution in [0.1, 0.15) is 34.6 Å². The predicted molar refractivity (Wildman–Crippen MR) is 130 cm³/mol. The van der Waals surface area contributed by atoms with E-state index in [4.69, 9.17) is 0 Å². The Morgan fingerprint density at radius 3 is 2.62 bits per heavy atom. The minimum Gasteiger partial charge on any atom is -0.326 e. The van der Waals surface area contributed by atoms with Crippen LogP contribution < -0.4 is 5.32 Å². The molecule has 0 aliphatic rings. The SMILES string of the molecule is CCn1c(Cc2ccccc2)nnc1SCc1csc(CC(=O)Nc2ccc(C)cc2)n1. The molecule has 0 radical (unpaired) electrons. The first-order valence-electron chi connectivity index (χ1n) is 10.5. The molecule has 8 heteroatoms. The summed E-state index contributed by atoms with van der Waals surface area (Å²) in [7, 11) is 0. The van der Waals surface area contributed by atoms with Crippen molar-refractivity contribution in [1.82, 2.24) is 19.7 Å². The summed E-state index contributed by atoms with van der Waals surface area (Å²) in [6, 6.07) is 18.1. The van der Waals surface area contributed by atoms with E-state index in [2.05, 4.69) is 44.1 Å². The van der Waals surface area contributed by atoms with Gasteiger partial charge in [-0.2, -0.15) is 0 Å². The number of nitrogens with zero attached hydrogens (tertiary/aromatic N) is 4. The highest BCUT2D eigenvalue weighted by Gasteiger charge is 2.14. The second-order valence-electron chi connectivity index (χ2n) is 7.42. The number of aryl methyl sites for hydroxylation is 1. The number of hydrogen-bond acceptors (Lipinski definition) is 6. The summed E-state index contributed by atoms with van der Waals surface area (Å²) in [5, 5.41) is 15.4. The number of aromatic nitrogens is 4. The number of thiazole rings is 1. The molecule has 2 aromatic heterocycles. The highest BCUT2D eigenvalue weighted by atomic mass is 32.2. The number of benzene rings is 2. The van der Waals surface area contributed by atoms with Crippen LogP contribution in [-0.4, -0.2) is 25.7 Å². The lowest BCUT2D eigenvalue weighted by atomic mass is 10.1. The average molecular weight is 464 g/mol. The molecule has 0 atom stereocenters. The van der Waals surface area contributed by atoms with Crippen molar-refractivity contribution in [3.05, 3.63) is 87.6 Å². The molecule has 4 aromatic rings. The van der Waals surface area contributed by atoms with Gasteiger partial charge < -0.3 is 9.88 Å². The smallest absolute Gasteiger partial charge is 0.231 e. The fraction of sp³-hybridized carbons (Fsp3) is 0.250. The summed E-state index contributed by atoms with van der Waals surface area (Å²) in [4.78, 5) is 17.0. The molecule has 0 bridgehead atoms. The van der Waals surface area contributed by atoms with Gasteiger partial charge in [-0.25, -0.2) is 4.98 Å². The van der Waals surface area contributed by atoms with Gasteiger partial charge in [-0.05, 0) is 31.5 Å². The van der Waals surface area contributed by atoms with Gasteiger partial charge in [0.05, 0.1) is 12.1 Å². The summed E-state index contributed by atoms with van der Waals surface area (Å²) < 4.78 is 2.15. The van der Waals surface area contributed by atoms with Crippen LogP contribution in [-0.2, 0) is 29.9 Å². The van der Waals surface area contributed by atoms with Crippen LogP contribution >= 0.6 is 23.1 Å². The van der Waals surface area contributed by atoms with E-state index in [0.29, 0.717) is 5.75 Å². The highest BCUT2D eigenvalue weighted by molar-refractivity contribution is 7.98. The van der Waals surface area contributed by atoms with Crippen LogP contribution in [0, 0.1) is 6.92 Å². The zero-order valence-electron chi connectivity index (χ0n) is 18.1. The van der Waals surface area contributed by atoms with Crippen molar-refractivity contribution in [2.75, 3.05) is 5.32 Å². The average Bonchev–Trinajstić information content (AvgIpc) is 3.40. The third-order valence-corrected chi connectivity index (χ3v) is 6.81.